The minimum atomic E-state index is 0.140. The van der Waals surface area contributed by atoms with E-state index in [0.717, 1.165) is 24.9 Å². The Hall–Kier alpha value is -1.75. The number of benzene rings is 1. The lowest BCUT2D eigenvalue weighted by atomic mass is 9.98. The van der Waals surface area contributed by atoms with Gasteiger partial charge in [0, 0.05) is 18.6 Å². The third kappa shape index (κ3) is 3.67. The van der Waals surface area contributed by atoms with E-state index in [9.17, 15) is 4.79 Å². The van der Waals surface area contributed by atoms with Crippen LogP contribution in [0.15, 0.2) is 18.2 Å². The molecular formula is C16H24N2O3. The molecule has 0 aliphatic carbocycles. The van der Waals surface area contributed by atoms with Gasteiger partial charge in [-0.2, -0.15) is 0 Å². The molecule has 116 valence electrons. The van der Waals surface area contributed by atoms with Crippen LogP contribution in [-0.2, 0) is 11.2 Å². The summed E-state index contributed by atoms with van der Waals surface area (Å²) in [5.41, 5.74) is 6.87. The van der Waals surface area contributed by atoms with E-state index in [1.165, 1.54) is 0 Å². The summed E-state index contributed by atoms with van der Waals surface area (Å²) in [6, 6.07) is 6.01. The van der Waals surface area contributed by atoms with Gasteiger partial charge in [0.1, 0.15) is 0 Å². The summed E-state index contributed by atoms with van der Waals surface area (Å²) in [5.74, 6) is 1.46. The SMILES string of the molecule is COc1ccc(CC(=O)N2CCC(N)CC2C)cc1OC. The van der Waals surface area contributed by atoms with E-state index in [4.69, 9.17) is 15.2 Å². The van der Waals surface area contributed by atoms with Crippen LogP contribution in [-0.4, -0.2) is 43.7 Å². The summed E-state index contributed by atoms with van der Waals surface area (Å²) in [6.45, 7) is 2.81. The van der Waals surface area contributed by atoms with Gasteiger partial charge in [-0.3, -0.25) is 4.79 Å². The van der Waals surface area contributed by atoms with Crippen molar-refractivity contribution < 1.29 is 14.3 Å². The molecule has 1 aliphatic rings. The van der Waals surface area contributed by atoms with Crippen molar-refractivity contribution in [3.8, 4) is 11.5 Å². The maximum Gasteiger partial charge on any atom is 0.227 e. The molecule has 1 aromatic rings. The lowest BCUT2D eigenvalue weighted by molar-refractivity contribution is -0.133. The molecule has 0 aromatic heterocycles. The van der Waals surface area contributed by atoms with E-state index < -0.39 is 0 Å². The number of rotatable bonds is 4. The first-order valence-electron chi connectivity index (χ1n) is 7.31. The second-order valence-corrected chi connectivity index (χ2v) is 5.59. The van der Waals surface area contributed by atoms with Crippen LogP contribution in [0.5, 0.6) is 11.5 Å². The molecule has 0 spiro atoms. The van der Waals surface area contributed by atoms with Gasteiger partial charge < -0.3 is 20.1 Å². The van der Waals surface area contributed by atoms with Gasteiger partial charge in [0.25, 0.3) is 0 Å². The zero-order valence-electron chi connectivity index (χ0n) is 13.0. The van der Waals surface area contributed by atoms with Gasteiger partial charge in [0.05, 0.1) is 20.6 Å². The standard InChI is InChI=1S/C16H24N2O3/c1-11-8-13(17)6-7-18(11)16(19)10-12-4-5-14(20-2)15(9-12)21-3/h4-5,9,11,13H,6-8,10,17H2,1-3H3. The van der Waals surface area contributed by atoms with Gasteiger partial charge in [-0.05, 0) is 37.5 Å². The molecule has 0 bridgehead atoms. The number of nitrogens with zero attached hydrogens (tertiary/aromatic N) is 1. The topological polar surface area (TPSA) is 64.8 Å². The van der Waals surface area contributed by atoms with Crippen molar-refractivity contribution in [1.82, 2.24) is 4.90 Å². The minimum Gasteiger partial charge on any atom is -0.493 e. The van der Waals surface area contributed by atoms with E-state index in [1.54, 1.807) is 14.2 Å². The number of nitrogens with two attached hydrogens (primary N) is 1. The molecule has 2 atom stereocenters. The summed E-state index contributed by atoms with van der Waals surface area (Å²) >= 11 is 0. The molecule has 21 heavy (non-hydrogen) atoms. The smallest absolute Gasteiger partial charge is 0.227 e. The third-order valence-corrected chi connectivity index (χ3v) is 4.04. The highest BCUT2D eigenvalue weighted by molar-refractivity contribution is 5.79. The highest BCUT2D eigenvalue weighted by Gasteiger charge is 2.26. The zero-order valence-corrected chi connectivity index (χ0v) is 13.0. The van der Waals surface area contributed by atoms with E-state index in [-0.39, 0.29) is 18.0 Å². The van der Waals surface area contributed by atoms with Crippen molar-refractivity contribution >= 4 is 5.91 Å². The number of likely N-dealkylation sites (tertiary alicyclic amines) is 1. The zero-order chi connectivity index (χ0) is 15.4. The van der Waals surface area contributed by atoms with E-state index >= 15 is 0 Å². The van der Waals surface area contributed by atoms with Crippen molar-refractivity contribution in [3.63, 3.8) is 0 Å². The largest absolute Gasteiger partial charge is 0.493 e. The van der Waals surface area contributed by atoms with Crippen LogP contribution in [0.25, 0.3) is 0 Å². The molecule has 5 nitrogen and oxygen atoms in total. The number of methoxy groups -OCH3 is 2. The Labute approximate surface area is 126 Å². The average Bonchev–Trinajstić information content (AvgIpc) is 2.46. The van der Waals surface area contributed by atoms with Gasteiger partial charge >= 0.3 is 0 Å². The molecule has 1 aromatic carbocycles. The van der Waals surface area contributed by atoms with Crippen molar-refractivity contribution in [3.05, 3.63) is 23.8 Å². The Kier molecular flexibility index (Phi) is 5.07. The fourth-order valence-corrected chi connectivity index (χ4v) is 2.85. The van der Waals surface area contributed by atoms with E-state index in [1.807, 2.05) is 23.1 Å². The molecule has 2 rings (SSSR count). The predicted octanol–water partition coefficient (Wildman–Crippen LogP) is 1.58. The Bertz CT molecular complexity index is 504. The molecule has 2 N–H and O–H groups in total. The Morgan fingerprint density at radius 3 is 2.67 bits per heavy atom. The summed E-state index contributed by atoms with van der Waals surface area (Å²) in [7, 11) is 3.19. The van der Waals surface area contributed by atoms with Crippen molar-refractivity contribution in [1.29, 1.82) is 0 Å². The maximum atomic E-state index is 12.5. The number of carbonyl (C=O) groups excluding carboxylic acids is 1. The fourth-order valence-electron chi connectivity index (χ4n) is 2.85. The second kappa shape index (κ2) is 6.80. The second-order valence-electron chi connectivity index (χ2n) is 5.59. The Balaban J connectivity index is 2.05. The monoisotopic (exact) mass is 292 g/mol. The number of piperidine rings is 1. The number of ether oxygens (including phenoxy) is 2. The van der Waals surface area contributed by atoms with Gasteiger partial charge in [-0.1, -0.05) is 6.07 Å². The maximum absolute atomic E-state index is 12.5. The molecular weight excluding hydrogens is 268 g/mol. The molecule has 1 heterocycles. The lowest BCUT2D eigenvalue weighted by Crippen LogP contribution is -2.48. The third-order valence-electron chi connectivity index (χ3n) is 4.04. The Morgan fingerprint density at radius 1 is 1.33 bits per heavy atom. The number of hydrogen-bond donors (Lipinski definition) is 1. The highest BCUT2D eigenvalue weighted by Crippen LogP contribution is 2.28. The van der Waals surface area contributed by atoms with Crippen LogP contribution in [0.4, 0.5) is 0 Å². The van der Waals surface area contributed by atoms with Crippen LogP contribution in [0.2, 0.25) is 0 Å². The normalized spacial score (nSPS) is 22.0. The number of amides is 1. The van der Waals surface area contributed by atoms with Crippen LogP contribution in [0.1, 0.15) is 25.3 Å². The van der Waals surface area contributed by atoms with Crippen LogP contribution in [0, 0.1) is 0 Å². The molecule has 5 heteroatoms. The lowest BCUT2D eigenvalue weighted by Gasteiger charge is -2.36. The van der Waals surface area contributed by atoms with Gasteiger partial charge in [0.15, 0.2) is 11.5 Å². The molecule has 0 radical (unpaired) electrons. The minimum absolute atomic E-state index is 0.140. The van der Waals surface area contributed by atoms with E-state index in [2.05, 4.69) is 6.92 Å². The highest BCUT2D eigenvalue weighted by atomic mass is 16.5. The first kappa shape index (κ1) is 15.6. The van der Waals surface area contributed by atoms with Crippen molar-refractivity contribution in [2.75, 3.05) is 20.8 Å². The van der Waals surface area contributed by atoms with Crippen molar-refractivity contribution in [2.45, 2.75) is 38.3 Å². The Morgan fingerprint density at radius 2 is 2.05 bits per heavy atom. The number of carbonyl (C=O) groups is 1. The van der Waals surface area contributed by atoms with Gasteiger partial charge in [-0.25, -0.2) is 0 Å². The fraction of sp³-hybridized carbons (Fsp3) is 0.562. The molecule has 1 saturated heterocycles. The summed E-state index contributed by atoms with van der Waals surface area (Å²) < 4.78 is 10.5. The van der Waals surface area contributed by atoms with Crippen molar-refractivity contribution in [2.24, 2.45) is 5.73 Å². The molecule has 1 aliphatic heterocycles. The van der Waals surface area contributed by atoms with Crippen LogP contribution in [0.3, 0.4) is 0 Å². The molecule has 2 unspecified atom stereocenters. The predicted molar refractivity (Wildman–Crippen MR) is 81.6 cm³/mol. The molecule has 0 saturated carbocycles. The quantitative estimate of drug-likeness (QED) is 0.915. The van der Waals surface area contributed by atoms with Crippen LogP contribution < -0.4 is 15.2 Å². The van der Waals surface area contributed by atoms with Crippen LogP contribution >= 0.6 is 0 Å². The van der Waals surface area contributed by atoms with E-state index in [0.29, 0.717) is 17.9 Å². The van der Waals surface area contributed by atoms with Gasteiger partial charge in [0.2, 0.25) is 5.91 Å². The summed E-state index contributed by atoms with van der Waals surface area (Å²) in [5, 5.41) is 0. The summed E-state index contributed by atoms with van der Waals surface area (Å²) in [6.07, 6.45) is 2.12. The number of hydrogen-bond acceptors (Lipinski definition) is 4. The summed E-state index contributed by atoms with van der Waals surface area (Å²) in [4.78, 5) is 14.4. The van der Waals surface area contributed by atoms with Gasteiger partial charge in [-0.15, -0.1) is 0 Å². The first-order chi connectivity index (χ1) is 10.0. The molecule has 1 amide bonds. The first-order valence-corrected chi connectivity index (χ1v) is 7.31. The molecule has 1 fully saturated rings. The average molecular weight is 292 g/mol.